The average Bonchev–Trinajstić information content (AvgIpc) is 3.25. The molecule has 4 rings (SSSR count). The molecule has 120 valence electrons. The lowest BCUT2D eigenvalue weighted by Crippen LogP contribution is -2.21. The standard InChI is InChI=1S/C14H17ClN8/c1-8(2)23-13-10(5-18-23)12(19-14(15)20-13)22-4-3-9(6-22)11-16-7-17-21-11/h5,7-9H,3-4,6H2,1-2H3,(H,16,17,21). The van der Waals surface area contributed by atoms with Crippen molar-refractivity contribution >= 4 is 28.5 Å². The fourth-order valence-corrected chi connectivity index (χ4v) is 3.25. The van der Waals surface area contributed by atoms with Gasteiger partial charge in [0.15, 0.2) is 5.65 Å². The molecular weight excluding hydrogens is 316 g/mol. The van der Waals surface area contributed by atoms with Crippen LogP contribution in [0.25, 0.3) is 11.0 Å². The highest BCUT2D eigenvalue weighted by atomic mass is 35.5. The van der Waals surface area contributed by atoms with Crippen LogP contribution in [0.2, 0.25) is 5.28 Å². The lowest BCUT2D eigenvalue weighted by Gasteiger charge is -2.18. The van der Waals surface area contributed by atoms with Crippen LogP contribution < -0.4 is 4.90 Å². The fraction of sp³-hybridized carbons (Fsp3) is 0.500. The molecule has 0 saturated carbocycles. The van der Waals surface area contributed by atoms with Gasteiger partial charge in [0.05, 0.1) is 11.6 Å². The first-order chi connectivity index (χ1) is 11.1. The van der Waals surface area contributed by atoms with Gasteiger partial charge in [-0.1, -0.05) is 0 Å². The number of nitrogens with one attached hydrogen (secondary N) is 1. The van der Waals surface area contributed by atoms with E-state index in [2.05, 4.69) is 49.0 Å². The fourth-order valence-electron chi connectivity index (χ4n) is 3.09. The van der Waals surface area contributed by atoms with Crippen LogP contribution >= 0.6 is 11.6 Å². The Bertz CT molecular complexity index is 825. The molecule has 3 aromatic heterocycles. The van der Waals surface area contributed by atoms with Crippen molar-refractivity contribution in [2.24, 2.45) is 0 Å². The van der Waals surface area contributed by atoms with Gasteiger partial charge in [-0.2, -0.15) is 20.2 Å². The molecule has 0 aliphatic carbocycles. The molecule has 1 saturated heterocycles. The van der Waals surface area contributed by atoms with Crippen molar-refractivity contribution in [2.45, 2.75) is 32.2 Å². The summed E-state index contributed by atoms with van der Waals surface area (Å²) in [5, 5.41) is 12.5. The number of fused-ring (bicyclic) bond motifs is 1. The maximum absolute atomic E-state index is 6.15. The van der Waals surface area contributed by atoms with Crippen LogP contribution in [0.5, 0.6) is 0 Å². The molecule has 0 bridgehead atoms. The number of hydrogen-bond donors (Lipinski definition) is 1. The third-order valence-electron chi connectivity index (χ3n) is 4.20. The number of H-pyrrole nitrogens is 1. The molecule has 0 radical (unpaired) electrons. The second kappa shape index (κ2) is 5.45. The van der Waals surface area contributed by atoms with Crippen molar-refractivity contribution in [1.29, 1.82) is 0 Å². The smallest absolute Gasteiger partial charge is 0.226 e. The van der Waals surface area contributed by atoms with Crippen LogP contribution in [0.4, 0.5) is 5.82 Å². The van der Waals surface area contributed by atoms with Gasteiger partial charge in [-0.15, -0.1) is 0 Å². The van der Waals surface area contributed by atoms with Gasteiger partial charge in [-0.3, -0.25) is 5.10 Å². The Kier molecular flexibility index (Phi) is 3.41. The summed E-state index contributed by atoms with van der Waals surface area (Å²) in [4.78, 5) is 15.3. The number of halogens is 1. The minimum absolute atomic E-state index is 0.215. The third kappa shape index (κ3) is 2.42. The summed E-state index contributed by atoms with van der Waals surface area (Å²) in [5.74, 6) is 2.08. The van der Waals surface area contributed by atoms with Crippen molar-refractivity contribution in [2.75, 3.05) is 18.0 Å². The minimum Gasteiger partial charge on any atom is -0.355 e. The lowest BCUT2D eigenvalue weighted by molar-refractivity contribution is 0.546. The maximum Gasteiger partial charge on any atom is 0.226 e. The molecule has 1 unspecified atom stereocenters. The number of hydrogen-bond acceptors (Lipinski definition) is 6. The van der Waals surface area contributed by atoms with Gasteiger partial charge in [-0.05, 0) is 31.9 Å². The lowest BCUT2D eigenvalue weighted by atomic mass is 10.1. The van der Waals surface area contributed by atoms with Gasteiger partial charge in [0, 0.05) is 25.0 Å². The maximum atomic E-state index is 6.15. The van der Waals surface area contributed by atoms with Crippen LogP contribution in [-0.4, -0.2) is 48.0 Å². The highest BCUT2D eigenvalue weighted by Crippen LogP contribution is 2.33. The van der Waals surface area contributed by atoms with E-state index >= 15 is 0 Å². The molecule has 9 heteroatoms. The van der Waals surface area contributed by atoms with Gasteiger partial charge in [0.1, 0.15) is 18.0 Å². The molecule has 1 aliphatic heterocycles. The Morgan fingerprint density at radius 2 is 2.22 bits per heavy atom. The Labute approximate surface area is 137 Å². The predicted octanol–water partition coefficient (Wildman–Crippen LogP) is 2.17. The zero-order valence-electron chi connectivity index (χ0n) is 12.9. The Morgan fingerprint density at radius 3 is 2.96 bits per heavy atom. The Hall–Kier alpha value is -2.22. The quantitative estimate of drug-likeness (QED) is 0.739. The normalized spacial score (nSPS) is 18.4. The van der Waals surface area contributed by atoms with E-state index < -0.39 is 0 Å². The monoisotopic (exact) mass is 332 g/mol. The van der Waals surface area contributed by atoms with Gasteiger partial charge in [0.25, 0.3) is 0 Å². The topological polar surface area (TPSA) is 88.4 Å². The van der Waals surface area contributed by atoms with E-state index in [1.165, 1.54) is 0 Å². The number of anilines is 1. The summed E-state index contributed by atoms with van der Waals surface area (Å²) >= 11 is 6.15. The largest absolute Gasteiger partial charge is 0.355 e. The predicted molar refractivity (Wildman–Crippen MR) is 86.7 cm³/mol. The van der Waals surface area contributed by atoms with Gasteiger partial charge in [0.2, 0.25) is 5.28 Å². The van der Waals surface area contributed by atoms with Gasteiger partial charge in [-0.25, -0.2) is 9.67 Å². The average molecular weight is 333 g/mol. The third-order valence-corrected chi connectivity index (χ3v) is 4.37. The van der Waals surface area contributed by atoms with Crippen LogP contribution in [0.1, 0.15) is 38.1 Å². The van der Waals surface area contributed by atoms with Crippen LogP contribution in [-0.2, 0) is 0 Å². The molecule has 1 fully saturated rings. The first kappa shape index (κ1) is 14.4. The first-order valence-corrected chi connectivity index (χ1v) is 8.02. The second-order valence-electron chi connectivity index (χ2n) is 6.04. The number of aromatic amines is 1. The van der Waals surface area contributed by atoms with Crippen LogP contribution in [0.3, 0.4) is 0 Å². The summed E-state index contributed by atoms with van der Waals surface area (Å²) in [6, 6.07) is 0.215. The van der Waals surface area contributed by atoms with Crippen LogP contribution in [0.15, 0.2) is 12.5 Å². The zero-order chi connectivity index (χ0) is 16.0. The van der Waals surface area contributed by atoms with Gasteiger partial charge < -0.3 is 4.90 Å². The van der Waals surface area contributed by atoms with E-state index in [9.17, 15) is 0 Å². The number of aromatic nitrogens is 7. The molecule has 0 aromatic carbocycles. The van der Waals surface area contributed by atoms with Crippen molar-refractivity contribution in [3.63, 3.8) is 0 Å². The van der Waals surface area contributed by atoms with Crippen LogP contribution in [0, 0.1) is 0 Å². The van der Waals surface area contributed by atoms with E-state index in [1.54, 1.807) is 6.33 Å². The summed E-state index contributed by atoms with van der Waals surface area (Å²) in [6.07, 6.45) is 4.36. The summed E-state index contributed by atoms with van der Waals surface area (Å²) in [6.45, 7) is 5.85. The summed E-state index contributed by atoms with van der Waals surface area (Å²) in [5.41, 5.74) is 0.776. The summed E-state index contributed by atoms with van der Waals surface area (Å²) < 4.78 is 1.87. The molecule has 1 atom stereocenters. The first-order valence-electron chi connectivity index (χ1n) is 7.64. The molecule has 4 heterocycles. The molecule has 1 N–H and O–H groups in total. The molecule has 3 aromatic rings. The minimum atomic E-state index is 0.215. The second-order valence-corrected chi connectivity index (χ2v) is 6.38. The zero-order valence-corrected chi connectivity index (χ0v) is 13.7. The Balaban J connectivity index is 1.72. The Morgan fingerprint density at radius 1 is 1.35 bits per heavy atom. The molecule has 0 spiro atoms. The van der Waals surface area contributed by atoms with Gasteiger partial charge >= 0.3 is 0 Å². The van der Waals surface area contributed by atoms with Crippen molar-refractivity contribution in [3.05, 3.63) is 23.6 Å². The highest BCUT2D eigenvalue weighted by molar-refractivity contribution is 6.28. The van der Waals surface area contributed by atoms with E-state index in [4.69, 9.17) is 11.6 Å². The molecule has 0 amide bonds. The van der Waals surface area contributed by atoms with Crippen molar-refractivity contribution < 1.29 is 0 Å². The highest BCUT2D eigenvalue weighted by Gasteiger charge is 2.29. The molecule has 1 aliphatic rings. The van der Waals surface area contributed by atoms with Crippen molar-refractivity contribution in [3.8, 4) is 0 Å². The number of rotatable bonds is 3. The van der Waals surface area contributed by atoms with E-state index in [1.807, 2.05) is 10.9 Å². The SMILES string of the molecule is CC(C)n1ncc2c(N3CCC(c4ncn[nH]4)C3)nc(Cl)nc21. The van der Waals surface area contributed by atoms with E-state index in [0.29, 0.717) is 5.92 Å². The molecule has 23 heavy (non-hydrogen) atoms. The molecular formula is C14H17ClN8. The molecule has 8 nitrogen and oxygen atoms in total. The number of nitrogens with zero attached hydrogens (tertiary/aromatic N) is 7. The van der Waals surface area contributed by atoms with E-state index in [0.717, 1.165) is 42.2 Å². The van der Waals surface area contributed by atoms with E-state index in [-0.39, 0.29) is 11.3 Å². The van der Waals surface area contributed by atoms with Crippen molar-refractivity contribution in [1.82, 2.24) is 34.9 Å². The summed E-state index contributed by atoms with van der Waals surface area (Å²) in [7, 11) is 0.